The Kier molecular flexibility index (Phi) is 3.71. The highest BCUT2D eigenvalue weighted by molar-refractivity contribution is 6.16. The summed E-state index contributed by atoms with van der Waals surface area (Å²) in [6, 6.07) is 2.61. The molecular formula is C14H19ClN4. The molecule has 1 aliphatic rings. The van der Waals surface area contributed by atoms with Gasteiger partial charge >= 0.3 is 0 Å². The molecule has 0 bridgehead atoms. The third-order valence-electron chi connectivity index (χ3n) is 4.06. The van der Waals surface area contributed by atoms with Gasteiger partial charge in [0.2, 0.25) is 0 Å². The number of aromatic nitrogens is 3. The van der Waals surface area contributed by atoms with E-state index in [2.05, 4.69) is 26.5 Å². The maximum atomic E-state index is 6.04. The van der Waals surface area contributed by atoms with Gasteiger partial charge in [0.05, 0.1) is 17.6 Å². The highest BCUT2D eigenvalue weighted by atomic mass is 35.5. The number of halogens is 1. The second-order valence-corrected chi connectivity index (χ2v) is 5.53. The Bertz CT molecular complexity index is 566. The number of rotatable bonds is 3. The minimum absolute atomic E-state index is 0.450. The lowest BCUT2D eigenvalue weighted by Gasteiger charge is -2.33. The first-order chi connectivity index (χ1) is 9.29. The third kappa shape index (κ3) is 2.47. The number of nitrogens with zero attached hydrogens (tertiary/aromatic N) is 4. The largest absolute Gasteiger partial charge is 0.325 e. The summed E-state index contributed by atoms with van der Waals surface area (Å²) in [5, 5.41) is 0. The Hall–Kier alpha value is -1.13. The van der Waals surface area contributed by atoms with Gasteiger partial charge in [-0.05, 0) is 32.5 Å². The molecule has 0 radical (unpaired) electrons. The van der Waals surface area contributed by atoms with E-state index in [4.69, 9.17) is 11.6 Å². The molecule has 0 aliphatic carbocycles. The zero-order valence-electron chi connectivity index (χ0n) is 11.2. The van der Waals surface area contributed by atoms with Crippen molar-refractivity contribution in [2.45, 2.75) is 37.7 Å². The van der Waals surface area contributed by atoms with Crippen LogP contribution in [0.2, 0.25) is 0 Å². The molecule has 0 saturated carbocycles. The van der Waals surface area contributed by atoms with E-state index in [1.807, 2.05) is 18.5 Å². The zero-order valence-corrected chi connectivity index (χ0v) is 12.0. The smallest absolute Gasteiger partial charge is 0.124 e. The van der Waals surface area contributed by atoms with Gasteiger partial charge in [-0.3, -0.25) is 4.98 Å². The fourth-order valence-corrected chi connectivity index (χ4v) is 3.13. The SMILES string of the molecule is CN1CCCCC1Cn1c(CCl)nc2cnccc21. The molecule has 0 spiro atoms. The van der Waals surface area contributed by atoms with Crippen LogP contribution in [0, 0.1) is 0 Å². The lowest BCUT2D eigenvalue weighted by atomic mass is 10.0. The van der Waals surface area contributed by atoms with E-state index in [0.29, 0.717) is 11.9 Å². The van der Waals surface area contributed by atoms with Crippen LogP contribution in [0.4, 0.5) is 0 Å². The van der Waals surface area contributed by atoms with Gasteiger partial charge in [-0.25, -0.2) is 4.98 Å². The topological polar surface area (TPSA) is 34.0 Å². The maximum absolute atomic E-state index is 6.04. The molecule has 3 rings (SSSR count). The van der Waals surface area contributed by atoms with Crippen LogP contribution in [0.3, 0.4) is 0 Å². The average molecular weight is 279 g/mol. The number of alkyl halides is 1. The molecule has 2 aromatic heterocycles. The van der Waals surface area contributed by atoms with Crippen molar-refractivity contribution >= 4 is 22.6 Å². The summed E-state index contributed by atoms with van der Waals surface area (Å²) in [5.74, 6) is 1.40. The van der Waals surface area contributed by atoms with E-state index in [1.54, 1.807) is 0 Å². The number of hydrogen-bond acceptors (Lipinski definition) is 3. The Morgan fingerprint density at radius 1 is 1.42 bits per heavy atom. The summed E-state index contributed by atoms with van der Waals surface area (Å²) in [7, 11) is 2.21. The minimum Gasteiger partial charge on any atom is -0.325 e. The van der Waals surface area contributed by atoms with Crippen LogP contribution in [-0.4, -0.2) is 39.1 Å². The predicted molar refractivity (Wildman–Crippen MR) is 77.4 cm³/mol. The van der Waals surface area contributed by atoms with Crippen molar-refractivity contribution in [3.63, 3.8) is 0 Å². The Morgan fingerprint density at radius 3 is 3.11 bits per heavy atom. The van der Waals surface area contributed by atoms with E-state index in [-0.39, 0.29) is 0 Å². The van der Waals surface area contributed by atoms with Gasteiger partial charge in [0.15, 0.2) is 0 Å². The number of pyridine rings is 1. The number of fused-ring (bicyclic) bond motifs is 1. The molecule has 102 valence electrons. The number of hydrogen-bond donors (Lipinski definition) is 0. The first-order valence-electron chi connectivity index (χ1n) is 6.85. The van der Waals surface area contributed by atoms with Gasteiger partial charge in [-0.1, -0.05) is 6.42 Å². The molecule has 1 fully saturated rings. The fourth-order valence-electron chi connectivity index (χ4n) is 2.92. The summed E-state index contributed by atoms with van der Waals surface area (Å²) in [5.41, 5.74) is 2.08. The lowest BCUT2D eigenvalue weighted by molar-refractivity contribution is 0.168. The Morgan fingerprint density at radius 2 is 2.32 bits per heavy atom. The van der Waals surface area contributed by atoms with Gasteiger partial charge in [-0.2, -0.15) is 0 Å². The average Bonchev–Trinajstić information content (AvgIpc) is 2.79. The van der Waals surface area contributed by atoms with Crippen molar-refractivity contribution in [1.82, 2.24) is 19.4 Å². The number of likely N-dealkylation sites (tertiary alicyclic amines) is 1. The Labute approximate surface area is 118 Å². The summed E-state index contributed by atoms with van der Waals surface area (Å²) >= 11 is 6.04. The number of piperidine rings is 1. The van der Waals surface area contributed by atoms with Gasteiger partial charge in [0.25, 0.3) is 0 Å². The molecule has 1 aliphatic heterocycles. The van der Waals surface area contributed by atoms with Crippen molar-refractivity contribution < 1.29 is 0 Å². The highest BCUT2D eigenvalue weighted by Gasteiger charge is 2.21. The number of likely N-dealkylation sites (N-methyl/N-ethyl adjacent to an activating group) is 1. The monoisotopic (exact) mass is 278 g/mol. The third-order valence-corrected chi connectivity index (χ3v) is 4.30. The normalized spacial score (nSPS) is 21.1. The molecule has 0 aromatic carbocycles. The van der Waals surface area contributed by atoms with E-state index in [9.17, 15) is 0 Å². The van der Waals surface area contributed by atoms with Gasteiger partial charge in [0.1, 0.15) is 11.3 Å². The van der Waals surface area contributed by atoms with Crippen LogP contribution >= 0.6 is 11.6 Å². The Balaban J connectivity index is 1.94. The number of imidazole rings is 1. The van der Waals surface area contributed by atoms with Crippen LogP contribution in [0.15, 0.2) is 18.5 Å². The van der Waals surface area contributed by atoms with Crippen LogP contribution in [0.25, 0.3) is 11.0 Å². The molecule has 0 N–H and O–H groups in total. The van der Waals surface area contributed by atoms with Crippen LogP contribution in [0.1, 0.15) is 25.1 Å². The fraction of sp³-hybridized carbons (Fsp3) is 0.571. The summed E-state index contributed by atoms with van der Waals surface area (Å²) in [6.45, 7) is 2.16. The first-order valence-corrected chi connectivity index (χ1v) is 7.38. The van der Waals surface area contributed by atoms with Crippen LogP contribution in [0.5, 0.6) is 0 Å². The van der Waals surface area contributed by atoms with Crippen molar-refractivity contribution in [3.05, 3.63) is 24.3 Å². The molecule has 3 heterocycles. The van der Waals surface area contributed by atoms with E-state index < -0.39 is 0 Å². The van der Waals surface area contributed by atoms with Crippen LogP contribution < -0.4 is 0 Å². The second kappa shape index (κ2) is 5.47. The van der Waals surface area contributed by atoms with E-state index in [1.165, 1.54) is 25.8 Å². The van der Waals surface area contributed by atoms with Gasteiger partial charge in [-0.15, -0.1) is 11.6 Å². The summed E-state index contributed by atoms with van der Waals surface area (Å²) in [4.78, 5) is 11.2. The predicted octanol–water partition coefficient (Wildman–Crippen LogP) is 2.65. The molecule has 5 heteroatoms. The molecular weight excluding hydrogens is 260 g/mol. The molecule has 0 amide bonds. The van der Waals surface area contributed by atoms with Gasteiger partial charge < -0.3 is 9.47 Å². The molecule has 1 unspecified atom stereocenters. The lowest BCUT2D eigenvalue weighted by Crippen LogP contribution is -2.39. The molecule has 4 nitrogen and oxygen atoms in total. The maximum Gasteiger partial charge on any atom is 0.124 e. The van der Waals surface area contributed by atoms with Crippen molar-refractivity contribution in [1.29, 1.82) is 0 Å². The molecule has 1 atom stereocenters. The quantitative estimate of drug-likeness (QED) is 0.810. The molecule has 1 saturated heterocycles. The molecule has 19 heavy (non-hydrogen) atoms. The second-order valence-electron chi connectivity index (χ2n) is 5.27. The summed E-state index contributed by atoms with van der Waals surface area (Å²) < 4.78 is 2.26. The summed E-state index contributed by atoms with van der Waals surface area (Å²) in [6.07, 6.45) is 7.52. The first kappa shape index (κ1) is 12.9. The van der Waals surface area contributed by atoms with Crippen LogP contribution in [-0.2, 0) is 12.4 Å². The van der Waals surface area contributed by atoms with E-state index in [0.717, 1.165) is 23.4 Å². The molecule has 2 aromatic rings. The minimum atomic E-state index is 0.450. The van der Waals surface area contributed by atoms with Crippen molar-refractivity contribution in [2.75, 3.05) is 13.6 Å². The van der Waals surface area contributed by atoms with Gasteiger partial charge in [0, 0.05) is 18.8 Å². The zero-order chi connectivity index (χ0) is 13.2. The highest BCUT2D eigenvalue weighted by Crippen LogP contribution is 2.21. The van der Waals surface area contributed by atoms with Crippen molar-refractivity contribution in [2.24, 2.45) is 0 Å². The standard InChI is InChI=1S/C14H19ClN4/c1-18-7-3-2-4-11(18)10-19-13-5-6-16-9-12(13)17-14(19)8-15/h5-6,9,11H,2-4,7-8,10H2,1H3. The van der Waals surface area contributed by atoms with E-state index >= 15 is 0 Å². The van der Waals surface area contributed by atoms with Crippen molar-refractivity contribution in [3.8, 4) is 0 Å².